The number of rotatable bonds is 8. The summed E-state index contributed by atoms with van der Waals surface area (Å²) in [4.78, 5) is 16.9. The highest BCUT2D eigenvalue weighted by atomic mass is 19.1. The second-order valence-corrected chi connectivity index (χ2v) is 6.82. The molecule has 1 aliphatic rings. The van der Waals surface area contributed by atoms with Gasteiger partial charge in [-0.05, 0) is 43.2 Å². The van der Waals surface area contributed by atoms with Gasteiger partial charge >= 0.3 is 0 Å². The van der Waals surface area contributed by atoms with Crippen LogP contribution in [0.4, 0.5) is 10.3 Å². The highest BCUT2D eigenvalue weighted by molar-refractivity contribution is 5.77. The zero-order valence-corrected chi connectivity index (χ0v) is 16.7. The number of halogens is 1. The Kier molecular flexibility index (Phi) is 6.63. The molecule has 0 unspecified atom stereocenters. The molecule has 0 atom stereocenters. The Morgan fingerprint density at radius 2 is 1.97 bits per heavy atom. The summed E-state index contributed by atoms with van der Waals surface area (Å²) in [7, 11) is 1.67. The Balaban J connectivity index is 1.67. The monoisotopic (exact) mass is 413 g/mol. The van der Waals surface area contributed by atoms with Gasteiger partial charge in [0.25, 0.3) is 0 Å². The van der Waals surface area contributed by atoms with Gasteiger partial charge in [0.2, 0.25) is 12.2 Å². The average molecular weight is 413 g/mol. The average Bonchev–Trinajstić information content (AvgIpc) is 3.24. The minimum absolute atomic E-state index is 0.306. The largest absolute Gasteiger partial charge is 0.385 e. The predicted octanol–water partition coefficient (Wildman–Crippen LogP) is 3.56. The first kappa shape index (κ1) is 20.4. The molecule has 30 heavy (non-hydrogen) atoms. The van der Waals surface area contributed by atoms with Crippen LogP contribution >= 0.6 is 0 Å². The Labute approximate surface area is 173 Å². The fraction of sp³-hybridized carbons (Fsp3) is 0.381. The topological polar surface area (TPSA) is 94.2 Å². The molecule has 0 spiro atoms. The highest BCUT2D eigenvalue weighted by Crippen LogP contribution is 2.32. The van der Waals surface area contributed by atoms with E-state index < -0.39 is 6.29 Å². The van der Waals surface area contributed by atoms with E-state index in [0.29, 0.717) is 55.2 Å². The van der Waals surface area contributed by atoms with Gasteiger partial charge in [-0.25, -0.2) is 19.3 Å². The number of methoxy groups -OCH3 is 1. The number of aromatic amines is 1. The van der Waals surface area contributed by atoms with Gasteiger partial charge < -0.3 is 24.5 Å². The summed E-state index contributed by atoms with van der Waals surface area (Å²) in [5, 5.41) is 3.19. The lowest BCUT2D eigenvalue weighted by molar-refractivity contribution is -0.186. The maximum atomic E-state index is 13.4. The van der Waals surface area contributed by atoms with Crippen LogP contribution in [0.2, 0.25) is 0 Å². The number of nitrogens with zero attached hydrogens (tertiary/aromatic N) is 3. The molecule has 4 rings (SSSR count). The first-order valence-electron chi connectivity index (χ1n) is 9.90. The summed E-state index contributed by atoms with van der Waals surface area (Å²) in [5.74, 6) is 0.756. The number of benzene rings is 1. The van der Waals surface area contributed by atoms with Gasteiger partial charge in [0.1, 0.15) is 5.82 Å². The summed E-state index contributed by atoms with van der Waals surface area (Å²) in [6.45, 7) is 2.57. The van der Waals surface area contributed by atoms with Crippen LogP contribution in [0.25, 0.3) is 22.6 Å². The van der Waals surface area contributed by atoms with Crippen LogP contribution in [0.3, 0.4) is 0 Å². The molecule has 3 aromatic rings. The molecular weight excluding hydrogens is 389 g/mol. The van der Waals surface area contributed by atoms with Gasteiger partial charge in [-0.1, -0.05) is 0 Å². The van der Waals surface area contributed by atoms with Crippen LogP contribution in [-0.2, 0) is 14.2 Å². The molecular formula is C21H24FN5O3. The lowest BCUT2D eigenvalue weighted by atomic mass is 10.1. The van der Waals surface area contributed by atoms with E-state index >= 15 is 0 Å². The van der Waals surface area contributed by atoms with Crippen LogP contribution in [0.1, 0.15) is 25.0 Å². The molecule has 1 saturated heterocycles. The Bertz CT molecular complexity index is 958. The molecule has 0 aliphatic carbocycles. The number of hydrogen-bond acceptors (Lipinski definition) is 7. The number of aromatic nitrogens is 4. The fourth-order valence-electron chi connectivity index (χ4n) is 3.15. The maximum Gasteiger partial charge on any atom is 0.223 e. The highest BCUT2D eigenvalue weighted by Gasteiger charge is 2.24. The molecule has 0 saturated carbocycles. The number of anilines is 1. The van der Waals surface area contributed by atoms with Crippen molar-refractivity contribution in [3.8, 4) is 22.6 Å². The summed E-state index contributed by atoms with van der Waals surface area (Å²) in [6.07, 6.45) is 2.80. The minimum atomic E-state index is -0.569. The van der Waals surface area contributed by atoms with E-state index in [1.165, 1.54) is 12.1 Å². The van der Waals surface area contributed by atoms with Gasteiger partial charge in [0.15, 0.2) is 5.82 Å². The van der Waals surface area contributed by atoms with Crippen LogP contribution < -0.4 is 5.32 Å². The lowest BCUT2D eigenvalue weighted by Crippen LogP contribution is -2.18. The number of ether oxygens (including phenoxy) is 3. The second kappa shape index (κ2) is 9.75. The third-order valence-electron chi connectivity index (χ3n) is 4.61. The van der Waals surface area contributed by atoms with Crippen LogP contribution in [0, 0.1) is 5.82 Å². The number of hydrogen-bond donors (Lipinski definition) is 2. The van der Waals surface area contributed by atoms with Crippen molar-refractivity contribution in [2.75, 3.05) is 38.8 Å². The van der Waals surface area contributed by atoms with Crippen LogP contribution in [0.5, 0.6) is 0 Å². The zero-order valence-electron chi connectivity index (χ0n) is 16.7. The van der Waals surface area contributed by atoms with Crippen molar-refractivity contribution in [2.45, 2.75) is 19.1 Å². The quantitative estimate of drug-likeness (QED) is 0.545. The Morgan fingerprint density at radius 1 is 1.17 bits per heavy atom. The first-order valence-corrected chi connectivity index (χ1v) is 9.90. The number of imidazole rings is 1. The van der Waals surface area contributed by atoms with Gasteiger partial charge in [-0.3, -0.25) is 0 Å². The van der Waals surface area contributed by atoms with E-state index in [0.717, 1.165) is 18.4 Å². The molecule has 0 bridgehead atoms. The van der Waals surface area contributed by atoms with Crippen LogP contribution in [0.15, 0.2) is 36.5 Å². The lowest BCUT2D eigenvalue weighted by Gasteiger charge is -2.21. The van der Waals surface area contributed by atoms with Crippen molar-refractivity contribution in [3.63, 3.8) is 0 Å². The SMILES string of the molecule is COCCCNc1nccc(-c2[nH]c(C3OCCCO3)nc2-c2ccc(F)cc2)n1. The van der Waals surface area contributed by atoms with Crippen molar-refractivity contribution >= 4 is 5.95 Å². The molecule has 9 heteroatoms. The van der Waals surface area contributed by atoms with E-state index in [1.807, 2.05) is 0 Å². The number of nitrogens with one attached hydrogen (secondary N) is 2. The third-order valence-corrected chi connectivity index (χ3v) is 4.61. The van der Waals surface area contributed by atoms with Gasteiger partial charge in [0.05, 0.1) is 30.3 Å². The summed E-state index contributed by atoms with van der Waals surface area (Å²) in [5.41, 5.74) is 2.76. The predicted molar refractivity (Wildman–Crippen MR) is 109 cm³/mol. The standard InChI is InChI=1S/C21H24FN5O3/c1-28-11-2-9-23-21-24-10-8-16(25-21)18-17(14-4-6-15(22)7-5-14)26-19(27-18)20-29-12-3-13-30-20/h4-8,10,20H,2-3,9,11-13H2,1H3,(H,26,27)(H,23,24,25). The van der Waals surface area contributed by atoms with Gasteiger partial charge in [-0.15, -0.1) is 0 Å². The fourth-order valence-corrected chi connectivity index (χ4v) is 3.15. The minimum Gasteiger partial charge on any atom is -0.385 e. The van der Waals surface area contributed by atoms with Gasteiger partial charge in [0, 0.05) is 32.0 Å². The first-order chi connectivity index (χ1) is 14.7. The summed E-state index contributed by atoms with van der Waals surface area (Å²) >= 11 is 0. The summed E-state index contributed by atoms with van der Waals surface area (Å²) < 4.78 is 29.9. The molecule has 0 radical (unpaired) electrons. The normalized spacial score (nSPS) is 14.7. The molecule has 1 aromatic carbocycles. The third kappa shape index (κ3) is 4.81. The van der Waals surface area contributed by atoms with Crippen molar-refractivity contribution in [3.05, 3.63) is 48.2 Å². The molecule has 1 fully saturated rings. The smallest absolute Gasteiger partial charge is 0.223 e. The maximum absolute atomic E-state index is 13.4. The molecule has 1 aliphatic heterocycles. The molecule has 8 nitrogen and oxygen atoms in total. The number of H-pyrrole nitrogens is 1. The van der Waals surface area contributed by atoms with E-state index in [1.54, 1.807) is 31.5 Å². The Morgan fingerprint density at radius 3 is 2.73 bits per heavy atom. The molecule has 2 aromatic heterocycles. The Hall–Kier alpha value is -2.88. The summed E-state index contributed by atoms with van der Waals surface area (Å²) in [6, 6.07) is 7.99. The van der Waals surface area contributed by atoms with Crippen molar-refractivity contribution in [1.29, 1.82) is 0 Å². The second-order valence-electron chi connectivity index (χ2n) is 6.82. The van der Waals surface area contributed by atoms with Gasteiger partial charge in [-0.2, -0.15) is 0 Å². The van der Waals surface area contributed by atoms with Crippen molar-refractivity contribution < 1.29 is 18.6 Å². The zero-order chi connectivity index (χ0) is 20.8. The molecule has 3 heterocycles. The van der Waals surface area contributed by atoms with Crippen molar-refractivity contribution in [2.24, 2.45) is 0 Å². The van der Waals surface area contributed by atoms with E-state index in [2.05, 4.69) is 20.3 Å². The van der Waals surface area contributed by atoms with E-state index in [9.17, 15) is 4.39 Å². The molecule has 0 amide bonds. The van der Waals surface area contributed by atoms with E-state index in [-0.39, 0.29) is 5.82 Å². The molecule has 2 N–H and O–H groups in total. The molecule has 158 valence electrons. The van der Waals surface area contributed by atoms with Crippen LogP contribution in [-0.4, -0.2) is 53.4 Å². The van der Waals surface area contributed by atoms with E-state index in [4.69, 9.17) is 19.2 Å². The van der Waals surface area contributed by atoms with Crippen molar-refractivity contribution in [1.82, 2.24) is 19.9 Å².